The van der Waals surface area contributed by atoms with Crippen molar-refractivity contribution in [2.24, 2.45) is 0 Å². The number of fused-ring (bicyclic) bond motifs is 1. The average molecular weight is 522 g/mol. The van der Waals surface area contributed by atoms with Gasteiger partial charge in [-0.3, -0.25) is 20.4 Å². The van der Waals surface area contributed by atoms with Crippen molar-refractivity contribution < 1.29 is 19.1 Å². The van der Waals surface area contributed by atoms with E-state index < -0.39 is 11.8 Å². The van der Waals surface area contributed by atoms with Crippen LogP contribution in [0.2, 0.25) is 0 Å². The fourth-order valence-corrected chi connectivity index (χ4v) is 3.65. The van der Waals surface area contributed by atoms with E-state index >= 15 is 0 Å². The Labute approximate surface area is 184 Å². The standard InChI is InChI=1S/C21H18Br2N2O4/c1-2-28-17-6-4-3-5-16(17)21(27)25-24-19(26)12-29-18-10-7-13-11-14(22)8-9-15(13)20(18)23/h3-11H,2,12H2,1H3,(H,24,26)(H,25,27). The van der Waals surface area contributed by atoms with E-state index in [1.807, 2.05) is 31.2 Å². The van der Waals surface area contributed by atoms with Gasteiger partial charge in [0.2, 0.25) is 0 Å². The molecule has 3 aromatic rings. The highest BCUT2D eigenvalue weighted by molar-refractivity contribution is 9.11. The van der Waals surface area contributed by atoms with Crippen LogP contribution in [0, 0.1) is 0 Å². The lowest BCUT2D eigenvalue weighted by Crippen LogP contribution is -2.43. The van der Waals surface area contributed by atoms with Crippen LogP contribution in [0.1, 0.15) is 17.3 Å². The number of carbonyl (C=O) groups excluding carboxylic acids is 2. The molecule has 3 rings (SSSR count). The molecule has 2 amide bonds. The summed E-state index contributed by atoms with van der Waals surface area (Å²) in [7, 11) is 0. The van der Waals surface area contributed by atoms with Crippen molar-refractivity contribution in [3.63, 3.8) is 0 Å². The summed E-state index contributed by atoms with van der Waals surface area (Å²) in [6, 6.07) is 16.4. The molecule has 8 heteroatoms. The lowest BCUT2D eigenvalue weighted by Gasteiger charge is -2.13. The number of benzene rings is 3. The molecule has 0 aliphatic rings. The molecule has 2 N–H and O–H groups in total. The minimum absolute atomic E-state index is 0.256. The predicted molar refractivity (Wildman–Crippen MR) is 118 cm³/mol. The first-order valence-electron chi connectivity index (χ1n) is 8.81. The number of halogens is 2. The average Bonchev–Trinajstić information content (AvgIpc) is 2.72. The molecule has 0 spiro atoms. The van der Waals surface area contributed by atoms with E-state index in [4.69, 9.17) is 9.47 Å². The van der Waals surface area contributed by atoms with E-state index in [-0.39, 0.29) is 6.61 Å². The number of hydrogen-bond acceptors (Lipinski definition) is 4. The van der Waals surface area contributed by atoms with Crippen molar-refractivity contribution in [1.82, 2.24) is 10.9 Å². The number of hydrazine groups is 1. The summed E-state index contributed by atoms with van der Waals surface area (Å²) in [6.07, 6.45) is 0. The van der Waals surface area contributed by atoms with Crippen LogP contribution in [-0.4, -0.2) is 25.0 Å². The molecule has 0 fully saturated rings. The zero-order valence-corrected chi connectivity index (χ0v) is 18.7. The Kier molecular flexibility index (Phi) is 7.11. The van der Waals surface area contributed by atoms with Gasteiger partial charge in [0.25, 0.3) is 11.8 Å². The summed E-state index contributed by atoms with van der Waals surface area (Å²) in [6.45, 7) is 2.01. The Bertz CT molecular complexity index is 1060. The van der Waals surface area contributed by atoms with Crippen molar-refractivity contribution in [1.29, 1.82) is 0 Å². The molecular weight excluding hydrogens is 504 g/mol. The minimum atomic E-state index is -0.491. The number of amides is 2. The van der Waals surface area contributed by atoms with Crippen molar-refractivity contribution in [2.75, 3.05) is 13.2 Å². The second-order valence-corrected chi connectivity index (χ2v) is 7.67. The van der Waals surface area contributed by atoms with Crippen molar-refractivity contribution in [2.45, 2.75) is 6.92 Å². The van der Waals surface area contributed by atoms with Gasteiger partial charge < -0.3 is 9.47 Å². The Balaban J connectivity index is 1.58. The van der Waals surface area contributed by atoms with Crippen LogP contribution in [-0.2, 0) is 4.79 Å². The third kappa shape index (κ3) is 5.27. The van der Waals surface area contributed by atoms with Gasteiger partial charge in [-0.25, -0.2) is 0 Å². The maximum atomic E-state index is 12.3. The minimum Gasteiger partial charge on any atom is -0.493 e. The van der Waals surface area contributed by atoms with Gasteiger partial charge in [0.15, 0.2) is 6.61 Å². The molecule has 6 nitrogen and oxygen atoms in total. The van der Waals surface area contributed by atoms with E-state index in [9.17, 15) is 9.59 Å². The lowest BCUT2D eigenvalue weighted by molar-refractivity contribution is -0.123. The van der Waals surface area contributed by atoms with Crippen LogP contribution >= 0.6 is 31.9 Å². The number of hydrogen-bond donors (Lipinski definition) is 2. The van der Waals surface area contributed by atoms with Crippen LogP contribution in [0.25, 0.3) is 10.8 Å². The molecule has 0 unspecified atom stereocenters. The zero-order chi connectivity index (χ0) is 20.8. The first-order chi connectivity index (χ1) is 14.0. The van der Waals surface area contributed by atoms with Gasteiger partial charge in [-0.2, -0.15) is 0 Å². The Morgan fingerprint density at radius 2 is 1.72 bits per heavy atom. The zero-order valence-electron chi connectivity index (χ0n) is 15.5. The summed E-state index contributed by atoms with van der Waals surface area (Å²) in [5.74, 6) is 0.0163. The summed E-state index contributed by atoms with van der Waals surface area (Å²) in [5, 5.41) is 2.00. The number of rotatable bonds is 6. The highest BCUT2D eigenvalue weighted by Crippen LogP contribution is 2.34. The molecule has 0 saturated heterocycles. The fraction of sp³-hybridized carbons (Fsp3) is 0.143. The Morgan fingerprint density at radius 3 is 2.52 bits per heavy atom. The topological polar surface area (TPSA) is 76.7 Å². The van der Waals surface area contributed by atoms with Gasteiger partial charge in [0.1, 0.15) is 11.5 Å². The smallest absolute Gasteiger partial charge is 0.276 e. The van der Waals surface area contributed by atoms with Crippen LogP contribution in [0.4, 0.5) is 0 Å². The summed E-state index contributed by atoms with van der Waals surface area (Å²) < 4.78 is 12.7. The van der Waals surface area contributed by atoms with E-state index in [0.29, 0.717) is 23.7 Å². The third-order valence-electron chi connectivity index (χ3n) is 3.99. The van der Waals surface area contributed by atoms with E-state index in [1.165, 1.54) is 0 Å². The van der Waals surface area contributed by atoms with Gasteiger partial charge in [0.05, 0.1) is 16.6 Å². The first-order valence-corrected chi connectivity index (χ1v) is 10.4. The monoisotopic (exact) mass is 520 g/mol. The van der Waals surface area contributed by atoms with Crippen LogP contribution in [0.5, 0.6) is 11.5 Å². The molecule has 0 radical (unpaired) electrons. The van der Waals surface area contributed by atoms with Crippen LogP contribution < -0.4 is 20.3 Å². The highest BCUT2D eigenvalue weighted by Gasteiger charge is 2.13. The molecule has 150 valence electrons. The largest absolute Gasteiger partial charge is 0.493 e. The molecule has 0 bridgehead atoms. The van der Waals surface area contributed by atoms with Crippen molar-refractivity contribution in [3.8, 4) is 11.5 Å². The van der Waals surface area contributed by atoms with Crippen LogP contribution in [0.3, 0.4) is 0 Å². The molecule has 0 aromatic heterocycles. The number of para-hydroxylation sites is 1. The Hall–Kier alpha value is -2.58. The van der Waals surface area contributed by atoms with Gasteiger partial charge in [-0.1, -0.05) is 40.2 Å². The summed E-state index contributed by atoms with van der Waals surface area (Å²) in [5.41, 5.74) is 5.05. The van der Waals surface area contributed by atoms with Crippen molar-refractivity contribution >= 4 is 54.4 Å². The van der Waals surface area contributed by atoms with Crippen molar-refractivity contribution in [3.05, 3.63) is 69.1 Å². The second-order valence-electron chi connectivity index (χ2n) is 5.96. The number of carbonyl (C=O) groups is 2. The first kappa shape index (κ1) is 21.1. The predicted octanol–water partition coefficient (Wildman–Crippen LogP) is 4.60. The van der Waals surface area contributed by atoms with Gasteiger partial charge in [-0.15, -0.1) is 0 Å². The molecular formula is C21H18Br2N2O4. The Morgan fingerprint density at radius 1 is 0.931 bits per heavy atom. The quantitative estimate of drug-likeness (QED) is 0.465. The lowest BCUT2D eigenvalue weighted by atomic mass is 10.1. The SMILES string of the molecule is CCOc1ccccc1C(=O)NNC(=O)COc1ccc2cc(Br)ccc2c1Br. The van der Waals surface area contributed by atoms with Gasteiger partial charge >= 0.3 is 0 Å². The van der Waals surface area contributed by atoms with Gasteiger partial charge in [0, 0.05) is 4.47 Å². The summed E-state index contributed by atoms with van der Waals surface area (Å²) >= 11 is 6.96. The van der Waals surface area contributed by atoms with Crippen LogP contribution in [0.15, 0.2) is 63.5 Å². The van der Waals surface area contributed by atoms with E-state index in [2.05, 4.69) is 42.7 Å². The second kappa shape index (κ2) is 9.76. The van der Waals surface area contributed by atoms with Gasteiger partial charge in [-0.05, 0) is 64.0 Å². The molecule has 0 heterocycles. The maximum absolute atomic E-state index is 12.3. The third-order valence-corrected chi connectivity index (χ3v) is 5.30. The maximum Gasteiger partial charge on any atom is 0.276 e. The molecule has 0 atom stereocenters. The highest BCUT2D eigenvalue weighted by atomic mass is 79.9. The molecule has 29 heavy (non-hydrogen) atoms. The molecule has 0 aliphatic carbocycles. The molecule has 0 saturated carbocycles. The van der Waals surface area contributed by atoms with E-state index in [1.54, 1.807) is 30.3 Å². The normalized spacial score (nSPS) is 10.4. The van der Waals surface area contributed by atoms with E-state index in [0.717, 1.165) is 19.7 Å². The molecule has 3 aromatic carbocycles. The summed E-state index contributed by atoms with van der Waals surface area (Å²) in [4.78, 5) is 24.4. The number of ether oxygens (including phenoxy) is 2. The molecule has 0 aliphatic heterocycles. The fourth-order valence-electron chi connectivity index (χ4n) is 2.66. The number of nitrogens with one attached hydrogen (secondary N) is 2.